The minimum Gasteiger partial charge on any atom is -0.494 e. The molecule has 6 aromatic carbocycles. The van der Waals surface area contributed by atoms with Crippen molar-refractivity contribution in [3.05, 3.63) is 143 Å². The lowest BCUT2D eigenvalue weighted by Gasteiger charge is -2.40. The second kappa shape index (κ2) is 18.1. The molecule has 63 heavy (non-hydrogen) atoms. The van der Waals surface area contributed by atoms with Gasteiger partial charge in [-0.3, -0.25) is 0 Å². The molecule has 0 amide bonds. The first kappa shape index (κ1) is 43.7. The maximum Gasteiger partial charge on any atom is 0.416 e. The van der Waals surface area contributed by atoms with E-state index in [1.165, 1.54) is 23.3 Å². The molecule has 0 saturated carbocycles. The molecule has 0 unspecified atom stereocenters. The van der Waals surface area contributed by atoms with E-state index in [9.17, 15) is 13.2 Å². The van der Waals surface area contributed by atoms with E-state index < -0.39 is 22.8 Å². The van der Waals surface area contributed by atoms with Crippen molar-refractivity contribution in [1.29, 1.82) is 0 Å². The molecule has 0 saturated heterocycles. The number of alkyl halides is 3. The van der Waals surface area contributed by atoms with Gasteiger partial charge in [-0.2, -0.15) is 13.2 Å². The Kier molecular flexibility index (Phi) is 12.5. The molecule has 0 fully saturated rings. The predicted octanol–water partition coefficient (Wildman–Crippen LogP) is 15.1. The van der Waals surface area contributed by atoms with Crippen LogP contribution >= 0.6 is 0 Å². The zero-order valence-electron chi connectivity index (χ0n) is 37.2. The number of benzene rings is 6. The van der Waals surface area contributed by atoms with Gasteiger partial charge in [0.2, 0.25) is 0 Å². The second-order valence-corrected chi connectivity index (χ2v) is 16.8. The first-order valence-corrected chi connectivity index (χ1v) is 22.5. The summed E-state index contributed by atoms with van der Waals surface area (Å²) in [6.07, 6.45) is 7.64. The van der Waals surface area contributed by atoms with E-state index in [4.69, 9.17) is 23.7 Å². The van der Waals surface area contributed by atoms with E-state index in [2.05, 4.69) is 82.3 Å². The average Bonchev–Trinajstić information content (AvgIpc) is 3.58. The van der Waals surface area contributed by atoms with Gasteiger partial charge in [0, 0.05) is 27.5 Å². The van der Waals surface area contributed by atoms with Gasteiger partial charge in [0.15, 0.2) is 17.1 Å². The summed E-state index contributed by atoms with van der Waals surface area (Å²) in [5.74, 6) is 3.54. The lowest BCUT2D eigenvalue weighted by molar-refractivity contribution is -0.137. The van der Waals surface area contributed by atoms with Gasteiger partial charge in [-0.05, 0) is 125 Å². The van der Waals surface area contributed by atoms with Crippen LogP contribution in [-0.2, 0) is 17.2 Å². The Hall–Kier alpha value is -5.89. The highest BCUT2D eigenvalue weighted by Crippen LogP contribution is 2.62. The van der Waals surface area contributed by atoms with Gasteiger partial charge in [-0.15, -0.1) is 0 Å². The highest BCUT2D eigenvalue weighted by molar-refractivity contribution is 6.10. The molecule has 5 nitrogen and oxygen atoms in total. The molecule has 1 heterocycles. The smallest absolute Gasteiger partial charge is 0.416 e. The van der Waals surface area contributed by atoms with Crippen LogP contribution in [0, 0.1) is 0 Å². The minimum absolute atomic E-state index is 0.426. The zero-order chi connectivity index (χ0) is 44.4. The van der Waals surface area contributed by atoms with E-state index in [-0.39, 0.29) is 0 Å². The SMILES string of the molecule is CCCCOc1ccc(C2(c3ccc(OCCCC)cc3)C=Cc3c4c(c5cc(OC)c(OC)cc5c3O2)-c2ccc(-c3ccc(C(F)(F)F)cc3)cc2C4(CCC)CCC)cc1. The van der Waals surface area contributed by atoms with Crippen molar-refractivity contribution >= 4 is 16.8 Å². The summed E-state index contributed by atoms with van der Waals surface area (Å²) in [7, 11) is 3.30. The Morgan fingerprint density at radius 2 is 1.14 bits per heavy atom. The molecule has 0 bridgehead atoms. The van der Waals surface area contributed by atoms with Gasteiger partial charge < -0.3 is 23.7 Å². The Balaban J connectivity index is 1.37. The summed E-state index contributed by atoms with van der Waals surface area (Å²) in [6, 6.07) is 32.5. The van der Waals surface area contributed by atoms with Crippen LogP contribution in [0.4, 0.5) is 13.2 Å². The van der Waals surface area contributed by atoms with E-state index in [0.717, 1.165) is 118 Å². The fraction of sp³-hybridized carbons (Fsp3) is 0.345. The number of hydrogen-bond acceptors (Lipinski definition) is 5. The topological polar surface area (TPSA) is 46.2 Å². The maximum atomic E-state index is 13.6. The van der Waals surface area contributed by atoms with Crippen molar-refractivity contribution in [2.24, 2.45) is 0 Å². The summed E-state index contributed by atoms with van der Waals surface area (Å²) in [5.41, 5.74) is 6.96. The Morgan fingerprint density at radius 1 is 0.603 bits per heavy atom. The van der Waals surface area contributed by atoms with E-state index >= 15 is 0 Å². The van der Waals surface area contributed by atoms with Crippen LogP contribution in [0.5, 0.6) is 28.7 Å². The van der Waals surface area contributed by atoms with Crippen LogP contribution in [0.2, 0.25) is 0 Å². The van der Waals surface area contributed by atoms with Gasteiger partial charge in [0.05, 0.1) is 33.0 Å². The van der Waals surface area contributed by atoms with Crippen molar-refractivity contribution in [2.75, 3.05) is 27.4 Å². The number of ether oxygens (including phenoxy) is 5. The third kappa shape index (κ3) is 7.91. The molecular weight excluding hydrogens is 798 g/mol. The minimum atomic E-state index is -4.41. The number of rotatable bonds is 17. The lowest BCUT2D eigenvalue weighted by atomic mass is 9.69. The van der Waals surface area contributed by atoms with E-state index in [1.54, 1.807) is 26.4 Å². The monoisotopic (exact) mass is 854 g/mol. The molecule has 2 aliphatic rings. The molecule has 0 radical (unpaired) electrons. The number of fused-ring (bicyclic) bond motifs is 8. The van der Waals surface area contributed by atoms with Crippen LogP contribution in [0.15, 0.2) is 109 Å². The third-order valence-electron chi connectivity index (χ3n) is 12.8. The molecule has 0 atom stereocenters. The number of methoxy groups -OCH3 is 2. The van der Waals surface area contributed by atoms with Crippen molar-refractivity contribution in [3.63, 3.8) is 0 Å². The molecule has 0 spiro atoms. The fourth-order valence-electron chi connectivity index (χ4n) is 9.81. The fourth-order valence-corrected chi connectivity index (χ4v) is 9.81. The first-order chi connectivity index (χ1) is 30.5. The summed E-state index contributed by atoms with van der Waals surface area (Å²) in [4.78, 5) is 0. The van der Waals surface area contributed by atoms with E-state index in [0.29, 0.717) is 24.7 Å². The van der Waals surface area contributed by atoms with Crippen molar-refractivity contribution in [2.45, 2.75) is 96.3 Å². The molecule has 1 aliphatic heterocycles. The molecular formula is C55H57F3O5. The van der Waals surface area contributed by atoms with Gasteiger partial charge >= 0.3 is 6.18 Å². The molecule has 0 N–H and O–H groups in total. The molecule has 8 heteroatoms. The molecule has 0 aromatic heterocycles. The zero-order valence-corrected chi connectivity index (χ0v) is 37.2. The predicted molar refractivity (Wildman–Crippen MR) is 248 cm³/mol. The van der Waals surface area contributed by atoms with Gasteiger partial charge in [-0.25, -0.2) is 0 Å². The van der Waals surface area contributed by atoms with Crippen molar-refractivity contribution in [3.8, 4) is 51.0 Å². The van der Waals surface area contributed by atoms with Crippen LogP contribution in [0.1, 0.15) is 112 Å². The normalized spacial score (nSPS) is 14.4. The molecule has 6 aromatic rings. The number of halogens is 3. The van der Waals surface area contributed by atoms with Crippen molar-refractivity contribution in [1.82, 2.24) is 0 Å². The first-order valence-electron chi connectivity index (χ1n) is 22.5. The van der Waals surface area contributed by atoms with Gasteiger partial charge in [0.1, 0.15) is 17.2 Å². The van der Waals surface area contributed by atoms with Crippen LogP contribution < -0.4 is 23.7 Å². The number of hydrogen-bond donors (Lipinski definition) is 0. The van der Waals surface area contributed by atoms with E-state index in [1.807, 2.05) is 36.4 Å². The highest BCUT2D eigenvalue weighted by atomic mass is 19.4. The Bertz CT molecular complexity index is 2530. The maximum absolute atomic E-state index is 13.6. The summed E-state index contributed by atoms with van der Waals surface area (Å²) in [6.45, 7) is 10.0. The summed E-state index contributed by atoms with van der Waals surface area (Å²) < 4.78 is 72.8. The Labute approximate surface area is 369 Å². The standard InChI is InChI=1S/C55H57F3O5/c1-7-11-31-61-41-22-18-38(19-23-41)54(39-20-24-42(25-21-39)62-32-12-8-2)30-27-44-51-50(45-34-48(59-5)49(60-6)35-46(45)52(44)63-54)43-26-15-37(33-47(43)53(51,28-9-3)29-10-4)36-13-16-40(17-14-36)55(56,57)58/h13-27,30,33-35H,7-12,28-29,31-32H2,1-6H3. The van der Waals surface area contributed by atoms with Gasteiger partial charge in [0.25, 0.3) is 0 Å². The molecule has 1 aliphatic carbocycles. The van der Waals surface area contributed by atoms with Gasteiger partial charge in [-0.1, -0.05) is 108 Å². The number of unbranched alkanes of at least 4 members (excludes halogenated alkanes) is 2. The Morgan fingerprint density at radius 3 is 1.65 bits per heavy atom. The lowest BCUT2D eigenvalue weighted by Crippen LogP contribution is -2.35. The molecule has 328 valence electrons. The highest BCUT2D eigenvalue weighted by Gasteiger charge is 2.48. The second-order valence-electron chi connectivity index (χ2n) is 16.8. The summed E-state index contributed by atoms with van der Waals surface area (Å²) in [5, 5.41) is 1.86. The molecule has 8 rings (SSSR count). The quantitative estimate of drug-likeness (QED) is 0.0855. The largest absolute Gasteiger partial charge is 0.494 e. The average molecular weight is 855 g/mol. The van der Waals surface area contributed by atoms with Crippen LogP contribution in [0.25, 0.3) is 39.1 Å². The van der Waals surface area contributed by atoms with Crippen LogP contribution in [-0.4, -0.2) is 27.4 Å². The third-order valence-corrected chi connectivity index (χ3v) is 12.8. The van der Waals surface area contributed by atoms with Crippen molar-refractivity contribution < 1.29 is 36.9 Å². The van der Waals surface area contributed by atoms with Crippen LogP contribution in [0.3, 0.4) is 0 Å². The summed E-state index contributed by atoms with van der Waals surface area (Å²) >= 11 is 0.